The van der Waals surface area contributed by atoms with Gasteiger partial charge in [-0.1, -0.05) is 89.5 Å². The quantitative estimate of drug-likeness (QED) is 0.176. The van der Waals surface area contributed by atoms with Crippen LogP contribution in [0.25, 0.3) is 0 Å². The van der Waals surface area contributed by atoms with Crippen LogP contribution in [0, 0.1) is 68.5 Å². The van der Waals surface area contributed by atoms with Gasteiger partial charge in [0.05, 0.1) is 18.9 Å². The number of carbonyl (C=O) groups is 3. The summed E-state index contributed by atoms with van der Waals surface area (Å²) in [6, 6.07) is 7.80. The fourth-order valence-electron chi connectivity index (χ4n) is 13.0. The molecule has 0 radical (unpaired) electrons. The minimum absolute atomic E-state index is 0.00152. The molecule has 0 aromatic heterocycles. The highest BCUT2D eigenvalue weighted by atomic mass is 16.5. The second-order valence-corrected chi connectivity index (χ2v) is 19.0. The highest BCUT2D eigenvalue weighted by Gasteiger charge is 2.70. The molecule has 5 aliphatic rings. The van der Waals surface area contributed by atoms with Gasteiger partial charge in [0.15, 0.2) is 0 Å². The summed E-state index contributed by atoms with van der Waals surface area (Å²) in [7, 11) is 1.68. The number of carbonyl (C=O) groups excluding carboxylic acids is 2. The van der Waals surface area contributed by atoms with Gasteiger partial charge >= 0.3 is 5.97 Å². The third-order valence-electron chi connectivity index (χ3n) is 14.8. The predicted molar refractivity (Wildman–Crippen MR) is 227 cm³/mol. The lowest BCUT2D eigenvalue weighted by atomic mass is 9.33. The lowest BCUT2D eigenvalue weighted by Gasteiger charge is -2.71. The molecule has 5 saturated carbocycles. The summed E-state index contributed by atoms with van der Waals surface area (Å²) in [4.78, 5) is 35.5. The van der Waals surface area contributed by atoms with Gasteiger partial charge in [-0.2, -0.15) is 0 Å². The van der Waals surface area contributed by atoms with E-state index in [2.05, 4.69) is 73.1 Å². The maximum Gasteiger partial charge on any atom is 0.306 e. The number of rotatable bonds is 5. The summed E-state index contributed by atoms with van der Waals surface area (Å²) in [6.07, 6.45) is 17.7. The van der Waals surface area contributed by atoms with E-state index in [-0.39, 0.29) is 56.9 Å². The first kappa shape index (κ1) is 48.1. The summed E-state index contributed by atoms with van der Waals surface area (Å²) in [6.45, 7) is 28.4. The highest BCUT2D eigenvalue weighted by Crippen LogP contribution is 2.76. The van der Waals surface area contributed by atoms with E-state index in [4.69, 9.17) is 19.4 Å². The van der Waals surface area contributed by atoms with Crippen LogP contribution in [0.5, 0.6) is 5.75 Å². The van der Waals surface area contributed by atoms with Crippen molar-refractivity contribution in [1.82, 2.24) is 0 Å². The predicted octanol–water partition coefficient (Wildman–Crippen LogP) is 12.2. The number of fused-ring (bicyclic) bond motifs is 7. The van der Waals surface area contributed by atoms with Crippen molar-refractivity contribution in [3.63, 3.8) is 0 Å². The Kier molecular flexibility index (Phi) is 17.0. The Morgan fingerprint density at radius 2 is 1.27 bits per heavy atom. The molecule has 9 unspecified atom stereocenters. The number of hydrogen-bond donors (Lipinski definition) is 2. The van der Waals surface area contributed by atoms with E-state index in [1.54, 1.807) is 14.0 Å². The molecule has 1 aromatic rings. The molecule has 0 spiro atoms. The molecule has 0 heterocycles. The number of amides is 1. The molecule has 6 rings (SSSR count). The summed E-state index contributed by atoms with van der Waals surface area (Å²) < 4.78 is 11.6. The number of terminal acetylenes is 1. The maximum absolute atomic E-state index is 14.2. The largest absolute Gasteiger partial charge is 0.497 e. The molecular formula is C48H79NO6. The fraction of sp³-hybridized carbons (Fsp3) is 0.771. The molecule has 2 N–H and O–H groups in total. The zero-order chi connectivity index (χ0) is 42.0. The van der Waals surface area contributed by atoms with E-state index in [0.29, 0.717) is 30.1 Å². The number of ether oxygens (including phenoxy) is 2. The summed E-state index contributed by atoms with van der Waals surface area (Å²) >= 11 is 0. The Morgan fingerprint density at radius 3 is 1.78 bits per heavy atom. The number of nitrogens with one attached hydrogen (secondary N) is 1. The van der Waals surface area contributed by atoms with Crippen molar-refractivity contribution < 1.29 is 29.0 Å². The molecule has 9 atom stereocenters. The van der Waals surface area contributed by atoms with Crippen molar-refractivity contribution >= 4 is 24.0 Å². The van der Waals surface area contributed by atoms with Crippen LogP contribution in [-0.2, 0) is 19.1 Å². The van der Waals surface area contributed by atoms with Crippen molar-refractivity contribution in [2.24, 2.45) is 56.2 Å². The SMILES string of the molecule is C#CC.CC.CC.COc1ccc(NC(=O)C23CCCC2C2(C)CCC4C5(C)CCC(OC(=O)CC(C)(C)C)C(C)(C)C5CCC4(C)C2CC3)cc1.O=CO. The maximum atomic E-state index is 14.2. The van der Waals surface area contributed by atoms with Gasteiger partial charge < -0.3 is 19.9 Å². The topological polar surface area (TPSA) is 102 Å². The summed E-state index contributed by atoms with van der Waals surface area (Å²) in [5, 5.41) is 10.2. The Hall–Kier alpha value is -3.01. The van der Waals surface area contributed by atoms with E-state index in [1.165, 1.54) is 32.1 Å². The fourth-order valence-corrected chi connectivity index (χ4v) is 13.0. The van der Waals surface area contributed by atoms with Crippen LogP contribution in [0.1, 0.15) is 167 Å². The zero-order valence-electron chi connectivity index (χ0n) is 37.3. The van der Waals surface area contributed by atoms with E-state index in [9.17, 15) is 9.59 Å². The van der Waals surface area contributed by atoms with Crippen LogP contribution < -0.4 is 10.1 Å². The first-order valence-electron chi connectivity index (χ1n) is 21.4. The molecule has 0 bridgehead atoms. The number of hydrogen-bond acceptors (Lipinski definition) is 5. The molecular weight excluding hydrogens is 687 g/mol. The van der Waals surface area contributed by atoms with Crippen molar-refractivity contribution in [2.75, 3.05) is 12.4 Å². The van der Waals surface area contributed by atoms with Gasteiger partial charge in [-0.3, -0.25) is 14.4 Å². The average Bonchev–Trinajstić information content (AvgIpc) is 3.59. The van der Waals surface area contributed by atoms with Gasteiger partial charge in [0, 0.05) is 11.1 Å². The lowest BCUT2D eigenvalue weighted by molar-refractivity contribution is -0.238. The first-order valence-corrected chi connectivity index (χ1v) is 21.4. The first-order chi connectivity index (χ1) is 25.8. The van der Waals surface area contributed by atoms with Gasteiger partial charge in [0.1, 0.15) is 11.9 Å². The van der Waals surface area contributed by atoms with Crippen molar-refractivity contribution in [1.29, 1.82) is 0 Å². The molecule has 55 heavy (non-hydrogen) atoms. The number of anilines is 1. The van der Waals surface area contributed by atoms with Gasteiger partial charge in [0.25, 0.3) is 6.47 Å². The Balaban J connectivity index is 0.000000955. The molecule has 0 saturated heterocycles. The normalized spacial score (nSPS) is 34.9. The van der Waals surface area contributed by atoms with E-state index in [0.717, 1.165) is 50.0 Å². The summed E-state index contributed by atoms with van der Waals surface area (Å²) in [5.74, 6) is 5.60. The third kappa shape index (κ3) is 9.59. The van der Waals surface area contributed by atoms with Gasteiger partial charge in [-0.05, 0) is 141 Å². The Bertz CT molecular complexity index is 1440. The molecule has 5 aliphatic carbocycles. The Morgan fingerprint density at radius 1 is 0.818 bits per heavy atom. The Labute approximate surface area is 336 Å². The second-order valence-electron chi connectivity index (χ2n) is 19.0. The standard InChI is InChI=1S/C40H61NO4.C3H4.2C2H6.CH2O2/c1-35(2,3)25-33(42)45-32-19-23-37(6)28(36(32,4)5)16-21-38(7)29(37)17-22-39(8)30(38)18-24-40(20-10-11-31(39)40)34(43)41-26-12-14-27(44-9)15-13-26;1-3-2;2*1-2;2-1-3/h12-15,28-32H,10-11,16-25H2,1-9H3,(H,41,43);1H,2H3;2*1-2H3;1H,(H,2,3). The number of methoxy groups -OCH3 is 1. The van der Waals surface area contributed by atoms with E-state index < -0.39 is 0 Å². The van der Waals surface area contributed by atoms with Gasteiger partial charge in [-0.25, -0.2) is 0 Å². The average molecular weight is 766 g/mol. The molecule has 1 amide bonds. The number of carboxylic acid groups (broad SMARTS) is 1. The van der Waals surface area contributed by atoms with Crippen molar-refractivity contribution in [3.8, 4) is 18.1 Å². The molecule has 5 fully saturated rings. The van der Waals surface area contributed by atoms with Crippen LogP contribution in [-0.4, -0.2) is 36.7 Å². The lowest BCUT2D eigenvalue weighted by Crippen LogP contribution is -2.66. The minimum Gasteiger partial charge on any atom is -0.497 e. The van der Waals surface area contributed by atoms with Crippen LogP contribution >= 0.6 is 0 Å². The summed E-state index contributed by atoms with van der Waals surface area (Å²) in [5.41, 5.74) is 1.25. The van der Waals surface area contributed by atoms with Gasteiger partial charge in [0.2, 0.25) is 5.91 Å². The molecule has 0 aliphatic heterocycles. The number of esters is 1. The molecule has 7 nitrogen and oxygen atoms in total. The van der Waals surface area contributed by atoms with E-state index >= 15 is 0 Å². The molecule has 1 aromatic carbocycles. The molecule has 312 valence electrons. The minimum atomic E-state index is -0.257. The highest BCUT2D eigenvalue weighted by molar-refractivity contribution is 5.96. The third-order valence-corrected chi connectivity index (χ3v) is 14.8. The van der Waals surface area contributed by atoms with Gasteiger partial charge in [-0.15, -0.1) is 12.3 Å². The monoisotopic (exact) mass is 766 g/mol. The van der Waals surface area contributed by atoms with Crippen molar-refractivity contribution in [2.45, 2.75) is 173 Å². The van der Waals surface area contributed by atoms with Crippen molar-refractivity contribution in [3.05, 3.63) is 24.3 Å². The van der Waals surface area contributed by atoms with E-state index in [1.807, 2.05) is 52.0 Å². The zero-order valence-corrected chi connectivity index (χ0v) is 37.3. The molecule has 7 heteroatoms. The number of benzene rings is 1. The second kappa shape index (κ2) is 19.4. The van der Waals surface area contributed by atoms with Crippen LogP contribution in [0.3, 0.4) is 0 Å². The van der Waals surface area contributed by atoms with Crippen LogP contribution in [0.4, 0.5) is 5.69 Å². The van der Waals surface area contributed by atoms with Crippen LogP contribution in [0.15, 0.2) is 24.3 Å². The van der Waals surface area contributed by atoms with Crippen LogP contribution in [0.2, 0.25) is 0 Å². The smallest absolute Gasteiger partial charge is 0.306 e.